The van der Waals surface area contributed by atoms with Gasteiger partial charge in [-0.05, 0) is 42.8 Å². The Bertz CT molecular complexity index is 681. The molecular weight excluding hydrogens is 302 g/mol. The average molecular weight is 318 g/mol. The number of oxime groups is 1. The fraction of sp³-hybridized carbons (Fsp3) is 0.176. The number of carbonyl (C=O) groups is 1. The molecule has 0 fully saturated rings. The van der Waals surface area contributed by atoms with E-state index in [4.69, 9.17) is 21.2 Å². The third-order valence-electron chi connectivity index (χ3n) is 3.05. The Labute approximate surface area is 134 Å². The Morgan fingerprint density at radius 3 is 2.59 bits per heavy atom. The van der Waals surface area contributed by atoms with E-state index in [0.29, 0.717) is 16.3 Å². The molecule has 0 aliphatic heterocycles. The fourth-order valence-electron chi connectivity index (χ4n) is 1.86. The smallest absolute Gasteiger partial charge is 0.159 e. The lowest BCUT2D eigenvalue weighted by Gasteiger charge is -2.08. The minimum absolute atomic E-state index is 0.00596. The van der Waals surface area contributed by atoms with E-state index in [2.05, 4.69) is 5.16 Å². The minimum atomic E-state index is -0.00596. The molecule has 2 rings (SSSR count). The second kappa shape index (κ2) is 7.61. The maximum Gasteiger partial charge on any atom is 0.159 e. The average Bonchev–Trinajstić information content (AvgIpc) is 2.53. The van der Waals surface area contributed by atoms with Crippen LogP contribution in [0.15, 0.2) is 47.6 Å². The molecule has 0 heterocycles. The fourth-order valence-corrected chi connectivity index (χ4v) is 1.99. The molecule has 0 amide bonds. The van der Waals surface area contributed by atoms with E-state index in [9.17, 15) is 4.79 Å². The molecule has 4 nitrogen and oxygen atoms in total. The number of ketones is 1. The first-order chi connectivity index (χ1) is 10.6. The van der Waals surface area contributed by atoms with Crippen LogP contribution in [0.1, 0.15) is 28.4 Å². The molecule has 0 unspecified atom stereocenters. The molecule has 0 saturated carbocycles. The van der Waals surface area contributed by atoms with Gasteiger partial charge in [-0.3, -0.25) is 4.79 Å². The largest absolute Gasteiger partial charge is 0.496 e. The molecule has 2 aromatic carbocycles. The summed E-state index contributed by atoms with van der Waals surface area (Å²) in [6.45, 7) is 1.74. The highest BCUT2D eigenvalue weighted by Gasteiger charge is 2.07. The summed E-state index contributed by atoms with van der Waals surface area (Å²) in [6.07, 6.45) is 1.59. The second-order valence-electron chi connectivity index (χ2n) is 4.64. The summed E-state index contributed by atoms with van der Waals surface area (Å²) in [4.78, 5) is 16.7. The summed E-state index contributed by atoms with van der Waals surface area (Å²) in [5, 5.41) is 4.58. The summed E-state index contributed by atoms with van der Waals surface area (Å²) in [7, 11) is 1.57. The van der Waals surface area contributed by atoms with Crippen LogP contribution in [0, 0.1) is 0 Å². The molecule has 0 radical (unpaired) electrons. The zero-order chi connectivity index (χ0) is 15.9. The van der Waals surface area contributed by atoms with Crippen LogP contribution in [0.5, 0.6) is 5.75 Å². The molecule has 0 aromatic heterocycles. The minimum Gasteiger partial charge on any atom is -0.496 e. The molecule has 114 valence electrons. The van der Waals surface area contributed by atoms with Crippen LogP contribution in [0.25, 0.3) is 0 Å². The van der Waals surface area contributed by atoms with E-state index < -0.39 is 0 Å². The van der Waals surface area contributed by atoms with Crippen LogP contribution in [0.3, 0.4) is 0 Å². The van der Waals surface area contributed by atoms with E-state index in [1.807, 2.05) is 12.1 Å². The zero-order valence-electron chi connectivity index (χ0n) is 12.4. The van der Waals surface area contributed by atoms with Gasteiger partial charge >= 0.3 is 0 Å². The van der Waals surface area contributed by atoms with Gasteiger partial charge in [0.05, 0.1) is 13.3 Å². The Morgan fingerprint density at radius 2 is 1.95 bits per heavy atom. The Morgan fingerprint density at radius 1 is 1.23 bits per heavy atom. The van der Waals surface area contributed by atoms with Gasteiger partial charge in [-0.2, -0.15) is 0 Å². The van der Waals surface area contributed by atoms with Crippen molar-refractivity contribution in [3.8, 4) is 5.75 Å². The van der Waals surface area contributed by atoms with Crippen molar-refractivity contribution in [2.45, 2.75) is 13.5 Å². The van der Waals surface area contributed by atoms with Crippen molar-refractivity contribution >= 4 is 23.6 Å². The van der Waals surface area contributed by atoms with Crippen molar-refractivity contribution in [3.05, 3.63) is 64.2 Å². The van der Waals surface area contributed by atoms with Crippen molar-refractivity contribution in [1.82, 2.24) is 0 Å². The summed E-state index contributed by atoms with van der Waals surface area (Å²) in [5.41, 5.74) is 2.26. The number of Topliss-reactive ketones (excluding diaryl/α,β-unsaturated/α-hetero) is 1. The lowest BCUT2D eigenvalue weighted by Crippen LogP contribution is -1.98. The van der Waals surface area contributed by atoms with Gasteiger partial charge in [-0.25, -0.2) is 0 Å². The van der Waals surface area contributed by atoms with Crippen LogP contribution in [0.2, 0.25) is 5.02 Å². The van der Waals surface area contributed by atoms with E-state index in [1.165, 1.54) is 6.92 Å². The molecule has 0 atom stereocenters. The van der Waals surface area contributed by atoms with Gasteiger partial charge in [-0.1, -0.05) is 28.9 Å². The van der Waals surface area contributed by atoms with Crippen LogP contribution in [0.4, 0.5) is 0 Å². The molecule has 0 N–H and O–H groups in total. The first-order valence-corrected chi connectivity index (χ1v) is 7.06. The van der Waals surface area contributed by atoms with Gasteiger partial charge in [0.1, 0.15) is 12.4 Å². The van der Waals surface area contributed by atoms with Gasteiger partial charge in [0, 0.05) is 16.1 Å². The monoisotopic (exact) mass is 317 g/mol. The molecule has 0 aliphatic carbocycles. The van der Waals surface area contributed by atoms with Crippen LogP contribution < -0.4 is 4.74 Å². The number of ether oxygens (including phenoxy) is 1. The lowest BCUT2D eigenvalue weighted by molar-refractivity contribution is 0.101. The Kier molecular flexibility index (Phi) is 5.55. The predicted molar refractivity (Wildman–Crippen MR) is 86.8 cm³/mol. The van der Waals surface area contributed by atoms with E-state index in [1.54, 1.807) is 43.7 Å². The van der Waals surface area contributed by atoms with Crippen molar-refractivity contribution in [2.75, 3.05) is 7.11 Å². The lowest BCUT2D eigenvalue weighted by atomic mass is 10.1. The molecule has 22 heavy (non-hydrogen) atoms. The topological polar surface area (TPSA) is 47.9 Å². The maximum absolute atomic E-state index is 11.4. The molecule has 5 heteroatoms. The normalized spacial score (nSPS) is 10.7. The molecule has 0 spiro atoms. The predicted octanol–water partition coefficient (Wildman–Crippen LogP) is 4.10. The second-order valence-corrected chi connectivity index (χ2v) is 5.08. The molecule has 0 saturated heterocycles. The summed E-state index contributed by atoms with van der Waals surface area (Å²) >= 11 is 5.81. The molecule has 0 aliphatic rings. The Balaban J connectivity index is 2.02. The van der Waals surface area contributed by atoms with Crippen molar-refractivity contribution < 1.29 is 14.4 Å². The number of benzene rings is 2. The van der Waals surface area contributed by atoms with Gasteiger partial charge in [0.25, 0.3) is 0 Å². The highest BCUT2D eigenvalue weighted by atomic mass is 35.5. The van der Waals surface area contributed by atoms with Crippen LogP contribution >= 0.6 is 11.6 Å². The number of halogens is 1. The number of hydrogen-bond donors (Lipinski definition) is 0. The maximum atomic E-state index is 11.4. The highest BCUT2D eigenvalue weighted by Crippen LogP contribution is 2.21. The standard InChI is InChI=1S/C17H16ClNO3/c1-12(20)14-5-8-17(21-2)15(9-14)11-22-19-10-13-3-6-16(18)7-4-13/h3-10H,11H2,1-2H3/b19-10-. The summed E-state index contributed by atoms with van der Waals surface area (Å²) in [5.74, 6) is 0.653. The zero-order valence-corrected chi connectivity index (χ0v) is 13.1. The SMILES string of the molecule is COc1ccc(C(C)=O)cc1CO/N=C\c1ccc(Cl)cc1. The first-order valence-electron chi connectivity index (χ1n) is 6.69. The van der Waals surface area contributed by atoms with E-state index in [0.717, 1.165) is 11.1 Å². The Hall–Kier alpha value is -2.33. The van der Waals surface area contributed by atoms with Gasteiger partial charge in [0.15, 0.2) is 5.78 Å². The van der Waals surface area contributed by atoms with Crippen molar-refractivity contribution in [1.29, 1.82) is 0 Å². The van der Waals surface area contributed by atoms with Gasteiger partial charge in [0.2, 0.25) is 0 Å². The van der Waals surface area contributed by atoms with E-state index >= 15 is 0 Å². The van der Waals surface area contributed by atoms with Crippen molar-refractivity contribution in [3.63, 3.8) is 0 Å². The van der Waals surface area contributed by atoms with Gasteiger partial charge in [-0.15, -0.1) is 0 Å². The first kappa shape index (κ1) is 16.0. The van der Waals surface area contributed by atoms with Crippen molar-refractivity contribution in [2.24, 2.45) is 5.16 Å². The van der Waals surface area contributed by atoms with Crippen LogP contribution in [-0.4, -0.2) is 19.1 Å². The van der Waals surface area contributed by atoms with E-state index in [-0.39, 0.29) is 12.4 Å². The number of rotatable bonds is 6. The van der Waals surface area contributed by atoms with Gasteiger partial charge < -0.3 is 9.57 Å². The quantitative estimate of drug-likeness (QED) is 0.458. The summed E-state index contributed by atoms with van der Waals surface area (Å²) in [6, 6.07) is 12.5. The molecule has 0 bridgehead atoms. The number of carbonyl (C=O) groups excluding carboxylic acids is 1. The third kappa shape index (κ3) is 4.33. The number of methoxy groups -OCH3 is 1. The number of nitrogens with zero attached hydrogens (tertiary/aromatic N) is 1. The number of hydrogen-bond acceptors (Lipinski definition) is 4. The summed E-state index contributed by atoms with van der Waals surface area (Å²) < 4.78 is 5.25. The van der Waals surface area contributed by atoms with Crippen LogP contribution in [-0.2, 0) is 11.4 Å². The third-order valence-corrected chi connectivity index (χ3v) is 3.31. The highest BCUT2D eigenvalue weighted by molar-refractivity contribution is 6.30. The molecule has 2 aromatic rings. The molecular formula is C17H16ClNO3.